The molecule has 0 bridgehead atoms. The van der Waals surface area contributed by atoms with E-state index in [1.54, 1.807) is 36.4 Å². The minimum atomic E-state index is -0.256. The van der Waals surface area contributed by atoms with Crippen LogP contribution >= 0.6 is 23.2 Å². The Labute approximate surface area is 121 Å². The largest absolute Gasteiger partial charge is 0.399 e. The molecule has 2 aromatic rings. The van der Waals surface area contributed by atoms with Gasteiger partial charge in [0.15, 0.2) is 0 Å². The van der Waals surface area contributed by atoms with Crippen molar-refractivity contribution >= 4 is 40.5 Å². The fourth-order valence-corrected chi connectivity index (χ4v) is 2.12. The van der Waals surface area contributed by atoms with Crippen molar-refractivity contribution in [3.05, 3.63) is 57.6 Å². The lowest BCUT2D eigenvalue weighted by Crippen LogP contribution is -2.14. The number of nitrogen functional groups attached to an aromatic ring is 1. The van der Waals surface area contributed by atoms with Gasteiger partial charge in [-0.2, -0.15) is 0 Å². The summed E-state index contributed by atoms with van der Waals surface area (Å²) in [5, 5.41) is 3.64. The summed E-state index contributed by atoms with van der Waals surface area (Å²) in [5.41, 5.74) is 8.10. The zero-order valence-electron chi connectivity index (χ0n) is 10.2. The van der Waals surface area contributed by atoms with Crippen LogP contribution in [0.15, 0.2) is 36.4 Å². The van der Waals surface area contributed by atoms with E-state index in [2.05, 4.69) is 5.32 Å². The molecule has 0 unspecified atom stereocenters. The molecule has 0 aliphatic rings. The zero-order chi connectivity index (χ0) is 14.0. The first-order chi connectivity index (χ1) is 8.97. The molecule has 5 heteroatoms. The second-order valence-corrected chi connectivity index (χ2v) is 5.00. The molecule has 0 aliphatic heterocycles. The predicted molar refractivity (Wildman–Crippen MR) is 80.0 cm³/mol. The topological polar surface area (TPSA) is 55.1 Å². The Morgan fingerprint density at radius 1 is 1.16 bits per heavy atom. The van der Waals surface area contributed by atoms with E-state index in [1.807, 2.05) is 6.92 Å². The molecule has 19 heavy (non-hydrogen) atoms. The van der Waals surface area contributed by atoms with Crippen LogP contribution in [-0.4, -0.2) is 5.91 Å². The lowest BCUT2D eigenvalue weighted by Gasteiger charge is -2.10. The van der Waals surface area contributed by atoms with Gasteiger partial charge in [0.25, 0.3) is 5.91 Å². The molecule has 0 saturated carbocycles. The minimum Gasteiger partial charge on any atom is -0.399 e. The standard InChI is InChI=1S/C14H12Cl2N2O/c1-8-2-4-10(17)7-11(8)14(19)18-13-5-3-9(15)6-12(13)16/h2-7H,17H2,1H3,(H,18,19). The lowest BCUT2D eigenvalue weighted by atomic mass is 10.1. The summed E-state index contributed by atoms with van der Waals surface area (Å²) < 4.78 is 0. The number of nitrogens with one attached hydrogen (secondary N) is 1. The number of anilines is 2. The molecule has 0 radical (unpaired) electrons. The Morgan fingerprint density at radius 3 is 2.58 bits per heavy atom. The van der Waals surface area contributed by atoms with Gasteiger partial charge < -0.3 is 11.1 Å². The van der Waals surface area contributed by atoms with Gasteiger partial charge in [-0.15, -0.1) is 0 Å². The molecular formula is C14H12Cl2N2O. The fourth-order valence-electron chi connectivity index (χ4n) is 1.66. The van der Waals surface area contributed by atoms with E-state index in [0.717, 1.165) is 5.56 Å². The van der Waals surface area contributed by atoms with Crippen molar-refractivity contribution in [1.29, 1.82) is 0 Å². The summed E-state index contributed by atoms with van der Waals surface area (Å²) in [5.74, 6) is -0.256. The quantitative estimate of drug-likeness (QED) is 0.818. The molecule has 0 fully saturated rings. The zero-order valence-corrected chi connectivity index (χ0v) is 11.7. The summed E-state index contributed by atoms with van der Waals surface area (Å²) in [6.45, 7) is 1.85. The van der Waals surface area contributed by atoms with Crippen molar-refractivity contribution in [1.82, 2.24) is 0 Å². The first-order valence-corrected chi connectivity index (χ1v) is 6.35. The van der Waals surface area contributed by atoms with Gasteiger partial charge in [-0.25, -0.2) is 0 Å². The molecule has 2 aromatic carbocycles. The number of carbonyl (C=O) groups is 1. The summed E-state index contributed by atoms with van der Waals surface area (Å²) in [6.07, 6.45) is 0. The van der Waals surface area contributed by atoms with Crippen molar-refractivity contribution in [2.75, 3.05) is 11.1 Å². The number of hydrogen-bond donors (Lipinski definition) is 2. The maximum Gasteiger partial charge on any atom is 0.256 e. The van der Waals surface area contributed by atoms with Gasteiger partial charge >= 0.3 is 0 Å². The highest BCUT2D eigenvalue weighted by Crippen LogP contribution is 2.26. The van der Waals surface area contributed by atoms with E-state index in [9.17, 15) is 4.79 Å². The fraction of sp³-hybridized carbons (Fsp3) is 0.0714. The van der Waals surface area contributed by atoms with Crippen LogP contribution in [0.5, 0.6) is 0 Å². The van der Waals surface area contributed by atoms with Gasteiger partial charge in [-0.3, -0.25) is 4.79 Å². The lowest BCUT2D eigenvalue weighted by molar-refractivity contribution is 0.102. The normalized spacial score (nSPS) is 10.3. The average molecular weight is 295 g/mol. The monoisotopic (exact) mass is 294 g/mol. The van der Waals surface area contributed by atoms with Crippen molar-refractivity contribution in [2.45, 2.75) is 6.92 Å². The molecule has 98 valence electrons. The Morgan fingerprint density at radius 2 is 1.89 bits per heavy atom. The second-order valence-electron chi connectivity index (χ2n) is 4.15. The second kappa shape index (κ2) is 5.51. The first kappa shape index (κ1) is 13.7. The number of carbonyl (C=O) groups excluding carboxylic acids is 1. The molecule has 3 N–H and O–H groups in total. The summed E-state index contributed by atoms with van der Waals surface area (Å²) in [7, 11) is 0. The van der Waals surface area contributed by atoms with Crippen LogP contribution in [0.25, 0.3) is 0 Å². The van der Waals surface area contributed by atoms with Crippen molar-refractivity contribution in [2.24, 2.45) is 0 Å². The maximum absolute atomic E-state index is 12.2. The molecule has 0 aromatic heterocycles. The molecule has 1 amide bonds. The Kier molecular flexibility index (Phi) is 3.98. The van der Waals surface area contributed by atoms with Gasteiger partial charge in [0.1, 0.15) is 0 Å². The minimum absolute atomic E-state index is 0.256. The van der Waals surface area contributed by atoms with Crippen LogP contribution in [0.3, 0.4) is 0 Å². The van der Waals surface area contributed by atoms with E-state index in [0.29, 0.717) is 27.0 Å². The van der Waals surface area contributed by atoms with Gasteiger partial charge in [-0.05, 0) is 42.8 Å². The van der Waals surface area contributed by atoms with Gasteiger partial charge in [0, 0.05) is 16.3 Å². The molecule has 0 heterocycles. The third-order valence-electron chi connectivity index (χ3n) is 2.69. The molecular weight excluding hydrogens is 283 g/mol. The number of nitrogens with two attached hydrogens (primary N) is 1. The molecule has 0 saturated heterocycles. The number of aryl methyl sites for hydroxylation is 1. The molecule has 0 aliphatic carbocycles. The maximum atomic E-state index is 12.2. The van der Waals surface area contributed by atoms with Crippen molar-refractivity contribution in [3.63, 3.8) is 0 Å². The molecule has 0 spiro atoms. The van der Waals surface area contributed by atoms with Crippen molar-refractivity contribution < 1.29 is 4.79 Å². The van der Waals surface area contributed by atoms with Crippen LogP contribution in [0.4, 0.5) is 11.4 Å². The highest BCUT2D eigenvalue weighted by Gasteiger charge is 2.11. The summed E-state index contributed by atoms with van der Waals surface area (Å²) in [4.78, 5) is 12.2. The van der Waals surface area contributed by atoms with E-state index in [-0.39, 0.29) is 5.91 Å². The van der Waals surface area contributed by atoms with Crippen LogP contribution in [0.1, 0.15) is 15.9 Å². The third-order valence-corrected chi connectivity index (χ3v) is 3.23. The van der Waals surface area contributed by atoms with Crippen molar-refractivity contribution in [3.8, 4) is 0 Å². The van der Waals surface area contributed by atoms with Crippen LogP contribution in [-0.2, 0) is 0 Å². The predicted octanol–water partition coefficient (Wildman–Crippen LogP) is 4.14. The number of rotatable bonds is 2. The van der Waals surface area contributed by atoms with E-state index in [4.69, 9.17) is 28.9 Å². The summed E-state index contributed by atoms with van der Waals surface area (Å²) >= 11 is 11.8. The number of amides is 1. The van der Waals surface area contributed by atoms with Crippen LogP contribution in [0.2, 0.25) is 10.0 Å². The SMILES string of the molecule is Cc1ccc(N)cc1C(=O)Nc1ccc(Cl)cc1Cl. The Hall–Kier alpha value is -1.71. The van der Waals surface area contributed by atoms with Gasteiger partial charge in [-0.1, -0.05) is 29.3 Å². The molecule has 2 rings (SSSR count). The molecule has 0 atom stereocenters. The van der Waals surface area contributed by atoms with Gasteiger partial charge in [0.05, 0.1) is 10.7 Å². The van der Waals surface area contributed by atoms with Gasteiger partial charge in [0.2, 0.25) is 0 Å². The molecule has 3 nitrogen and oxygen atoms in total. The number of benzene rings is 2. The Bertz CT molecular complexity index is 641. The highest BCUT2D eigenvalue weighted by molar-refractivity contribution is 6.36. The Balaban J connectivity index is 2.28. The average Bonchev–Trinajstić information content (AvgIpc) is 2.35. The van der Waals surface area contributed by atoms with E-state index >= 15 is 0 Å². The van der Waals surface area contributed by atoms with E-state index in [1.165, 1.54) is 0 Å². The highest BCUT2D eigenvalue weighted by atomic mass is 35.5. The van der Waals surface area contributed by atoms with E-state index < -0.39 is 0 Å². The first-order valence-electron chi connectivity index (χ1n) is 5.60. The third kappa shape index (κ3) is 3.19. The number of hydrogen-bond acceptors (Lipinski definition) is 2. The summed E-state index contributed by atoms with van der Waals surface area (Å²) in [6, 6.07) is 10.1. The number of halogens is 2. The van der Waals surface area contributed by atoms with Crippen LogP contribution < -0.4 is 11.1 Å². The smallest absolute Gasteiger partial charge is 0.256 e. The van der Waals surface area contributed by atoms with Crippen LogP contribution in [0, 0.1) is 6.92 Å².